The Balaban J connectivity index is 1.87. The average Bonchev–Trinajstić information content (AvgIpc) is 3.15. The van der Waals surface area contributed by atoms with Gasteiger partial charge in [-0.05, 0) is 28.9 Å². The number of aromatic nitrogens is 1. The van der Waals surface area contributed by atoms with Crippen LogP contribution in [0.2, 0.25) is 0 Å². The van der Waals surface area contributed by atoms with Crippen LogP contribution in [0.15, 0.2) is 57.5 Å². The van der Waals surface area contributed by atoms with Crippen molar-refractivity contribution in [2.75, 3.05) is 6.61 Å². The second kappa shape index (κ2) is 7.85. The standard InChI is InChI=1S/C19H13BrN2O4/c1-2-24-16-9-12(11-21)8-14(20)18(16)25-19(23)17-10-15(22-26-17)13-6-4-3-5-7-13/h3-10H,2H2,1H3. The zero-order chi connectivity index (χ0) is 18.5. The van der Waals surface area contributed by atoms with Crippen molar-refractivity contribution in [1.29, 1.82) is 5.26 Å². The van der Waals surface area contributed by atoms with Crippen molar-refractivity contribution >= 4 is 21.9 Å². The molecule has 7 heteroatoms. The molecule has 1 aromatic heterocycles. The topological polar surface area (TPSA) is 85.4 Å². The van der Waals surface area contributed by atoms with E-state index in [2.05, 4.69) is 21.1 Å². The van der Waals surface area contributed by atoms with Gasteiger partial charge in [0.1, 0.15) is 5.69 Å². The minimum Gasteiger partial charge on any atom is -0.490 e. The molecule has 0 aliphatic carbocycles. The number of carbonyl (C=O) groups excluding carboxylic acids is 1. The van der Waals surface area contributed by atoms with Crippen LogP contribution in [0.4, 0.5) is 0 Å². The van der Waals surface area contributed by atoms with Gasteiger partial charge in [-0.3, -0.25) is 0 Å². The molecule has 3 rings (SSSR count). The van der Waals surface area contributed by atoms with Gasteiger partial charge in [0, 0.05) is 17.7 Å². The van der Waals surface area contributed by atoms with Gasteiger partial charge in [-0.1, -0.05) is 35.5 Å². The largest absolute Gasteiger partial charge is 0.490 e. The minimum absolute atomic E-state index is 0.0393. The molecule has 0 radical (unpaired) electrons. The Hall–Kier alpha value is -3.11. The second-order valence-corrected chi connectivity index (χ2v) is 6.02. The van der Waals surface area contributed by atoms with Crippen LogP contribution in [0.25, 0.3) is 11.3 Å². The highest BCUT2D eigenvalue weighted by atomic mass is 79.9. The van der Waals surface area contributed by atoms with Crippen molar-refractivity contribution in [3.05, 3.63) is 64.3 Å². The monoisotopic (exact) mass is 412 g/mol. The smallest absolute Gasteiger partial charge is 0.382 e. The van der Waals surface area contributed by atoms with Crippen LogP contribution in [-0.2, 0) is 0 Å². The molecule has 0 aliphatic heterocycles. The number of rotatable bonds is 5. The Morgan fingerprint density at radius 2 is 2.04 bits per heavy atom. The first-order chi connectivity index (χ1) is 12.6. The third-order valence-corrected chi connectivity index (χ3v) is 4.00. The summed E-state index contributed by atoms with van der Waals surface area (Å²) in [6, 6.07) is 15.9. The number of nitrogens with zero attached hydrogens (tertiary/aromatic N) is 2. The number of carbonyl (C=O) groups is 1. The van der Waals surface area contributed by atoms with Crippen LogP contribution in [0.1, 0.15) is 23.0 Å². The third-order valence-electron chi connectivity index (χ3n) is 3.41. The predicted molar refractivity (Wildman–Crippen MR) is 96.9 cm³/mol. The molecule has 130 valence electrons. The van der Waals surface area contributed by atoms with Gasteiger partial charge in [0.2, 0.25) is 5.76 Å². The van der Waals surface area contributed by atoms with E-state index < -0.39 is 5.97 Å². The Labute approximate surface area is 158 Å². The molecule has 0 N–H and O–H groups in total. The lowest BCUT2D eigenvalue weighted by molar-refractivity contribution is 0.0683. The van der Waals surface area contributed by atoms with Gasteiger partial charge < -0.3 is 14.0 Å². The highest BCUT2D eigenvalue weighted by molar-refractivity contribution is 9.10. The zero-order valence-corrected chi connectivity index (χ0v) is 15.3. The Morgan fingerprint density at radius 1 is 1.27 bits per heavy atom. The first-order valence-electron chi connectivity index (χ1n) is 7.73. The van der Waals surface area contributed by atoms with Gasteiger partial charge in [0.25, 0.3) is 0 Å². The van der Waals surface area contributed by atoms with Gasteiger partial charge in [0.15, 0.2) is 11.5 Å². The number of hydrogen-bond acceptors (Lipinski definition) is 6. The number of nitriles is 1. The lowest BCUT2D eigenvalue weighted by Gasteiger charge is -2.11. The molecule has 1 heterocycles. The summed E-state index contributed by atoms with van der Waals surface area (Å²) < 4.78 is 16.4. The van der Waals surface area contributed by atoms with Crippen molar-refractivity contribution < 1.29 is 18.8 Å². The van der Waals surface area contributed by atoms with E-state index in [-0.39, 0.29) is 17.3 Å². The van der Waals surface area contributed by atoms with Gasteiger partial charge >= 0.3 is 5.97 Å². The van der Waals surface area contributed by atoms with E-state index in [0.717, 1.165) is 5.56 Å². The Kier molecular flexibility index (Phi) is 5.34. The average molecular weight is 413 g/mol. The highest BCUT2D eigenvalue weighted by Crippen LogP contribution is 2.37. The molecule has 0 saturated heterocycles. The summed E-state index contributed by atoms with van der Waals surface area (Å²) in [5.74, 6) is -0.295. The summed E-state index contributed by atoms with van der Waals surface area (Å²) in [5, 5.41) is 13.0. The number of ether oxygens (including phenoxy) is 2. The van der Waals surface area contributed by atoms with Crippen LogP contribution in [0.3, 0.4) is 0 Å². The molecule has 26 heavy (non-hydrogen) atoms. The van der Waals surface area contributed by atoms with E-state index >= 15 is 0 Å². The van der Waals surface area contributed by atoms with Crippen molar-refractivity contribution in [2.24, 2.45) is 0 Å². The number of hydrogen-bond donors (Lipinski definition) is 0. The van der Waals surface area contributed by atoms with E-state index in [1.54, 1.807) is 13.0 Å². The molecule has 6 nitrogen and oxygen atoms in total. The van der Waals surface area contributed by atoms with Gasteiger partial charge in [-0.25, -0.2) is 4.79 Å². The van der Waals surface area contributed by atoms with E-state index in [4.69, 9.17) is 19.3 Å². The van der Waals surface area contributed by atoms with Crippen molar-refractivity contribution in [2.45, 2.75) is 6.92 Å². The van der Waals surface area contributed by atoms with Gasteiger partial charge in [-0.2, -0.15) is 5.26 Å². The van der Waals surface area contributed by atoms with Gasteiger partial charge in [0.05, 0.1) is 22.7 Å². The fourth-order valence-electron chi connectivity index (χ4n) is 2.25. The maximum absolute atomic E-state index is 12.4. The lowest BCUT2D eigenvalue weighted by Crippen LogP contribution is -2.09. The van der Waals surface area contributed by atoms with Gasteiger partial charge in [-0.15, -0.1) is 0 Å². The molecule has 0 amide bonds. The summed E-state index contributed by atoms with van der Waals surface area (Å²) in [7, 11) is 0. The minimum atomic E-state index is -0.717. The highest BCUT2D eigenvalue weighted by Gasteiger charge is 2.21. The summed E-state index contributed by atoms with van der Waals surface area (Å²) in [5.41, 5.74) is 1.73. The summed E-state index contributed by atoms with van der Waals surface area (Å²) in [4.78, 5) is 12.4. The van der Waals surface area contributed by atoms with Crippen molar-refractivity contribution in [3.63, 3.8) is 0 Å². The summed E-state index contributed by atoms with van der Waals surface area (Å²) in [6.45, 7) is 2.15. The van der Waals surface area contributed by atoms with E-state index in [1.807, 2.05) is 36.4 Å². The molecule has 0 aliphatic rings. The third kappa shape index (κ3) is 3.76. The molecule has 0 saturated carbocycles. The predicted octanol–water partition coefficient (Wildman–Crippen LogP) is 4.59. The summed E-state index contributed by atoms with van der Waals surface area (Å²) in [6.07, 6.45) is 0. The number of esters is 1. The molecule has 2 aromatic carbocycles. The molecular formula is C19H13BrN2O4. The quantitative estimate of drug-likeness (QED) is 0.449. The second-order valence-electron chi connectivity index (χ2n) is 5.16. The zero-order valence-electron chi connectivity index (χ0n) is 13.7. The van der Waals surface area contributed by atoms with E-state index in [9.17, 15) is 4.79 Å². The normalized spacial score (nSPS) is 10.2. The van der Waals surface area contributed by atoms with Crippen LogP contribution in [-0.4, -0.2) is 17.7 Å². The van der Waals surface area contributed by atoms with Crippen LogP contribution >= 0.6 is 15.9 Å². The lowest BCUT2D eigenvalue weighted by atomic mass is 10.1. The maximum atomic E-state index is 12.4. The fourth-order valence-corrected chi connectivity index (χ4v) is 2.78. The molecule has 0 atom stereocenters. The van der Waals surface area contributed by atoms with Crippen molar-refractivity contribution in [1.82, 2.24) is 5.16 Å². The fraction of sp³-hybridized carbons (Fsp3) is 0.105. The van der Waals surface area contributed by atoms with Crippen LogP contribution in [0.5, 0.6) is 11.5 Å². The molecule has 3 aromatic rings. The maximum Gasteiger partial charge on any atom is 0.382 e. The van der Waals surface area contributed by atoms with Crippen LogP contribution in [0, 0.1) is 11.3 Å². The van der Waals surface area contributed by atoms with E-state index in [0.29, 0.717) is 22.3 Å². The van der Waals surface area contributed by atoms with Crippen molar-refractivity contribution in [3.8, 4) is 28.8 Å². The molecule has 0 unspecified atom stereocenters. The number of benzene rings is 2. The van der Waals surface area contributed by atoms with Crippen LogP contribution < -0.4 is 9.47 Å². The summed E-state index contributed by atoms with van der Waals surface area (Å²) >= 11 is 3.30. The van der Waals surface area contributed by atoms with E-state index in [1.165, 1.54) is 12.1 Å². The molecular weight excluding hydrogens is 400 g/mol. The first kappa shape index (κ1) is 17.7. The Morgan fingerprint density at radius 3 is 2.73 bits per heavy atom. The number of halogens is 1. The Bertz CT molecular complexity index is 977. The SMILES string of the molecule is CCOc1cc(C#N)cc(Br)c1OC(=O)c1cc(-c2ccccc2)no1. The molecule has 0 fully saturated rings. The molecule has 0 spiro atoms. The first-order valence-corrected chi connectivity index (χ1v) is 8.52. The molecule has 0 bridgehead atoms.